The van der Waals surface area contributed by atoms with E-state index in [0.717, 1.165) is 18.5 Å². The lowest BCUT2D eigenvalue weighted by Crippen LogP contribution is -2.41. The maximum Gasteiger partial charge on any atom is 0.243 e. The highest BCUT2D eigenvalue weighted by Gasteiger charge is 2.38. The van der Waals surface area contributed by atoms with Gasteiger partial charge in [0.15, 0.2) is 5.96 Å². The SMILES string of the molecule is CCCNC(=NCC(=O)N(C)C)NCC1CC(=O)N(C)C1c1ccccc1.I. The summed E-state index contributed by atoms with van der Waals surface area (Å²) in [5.74, 6) is 0.855. The summed E-state index contributed by atoms with van der Waals surface area (Å²) in [5.41, 5.74) is 1.14. The number of nitrogens with one attached hydrogen (secondary N) is 2. The van der Waals surface area contributed by atoms with Gasteiger partial charge in [-0.3, -0.25) is 9.59 Å². The second kappa shape index (κ2) is 11.9. The van der Waals surface area contributed by atoms with Crippen LogP contribution in [0.5, 0.6) is 0 Å². The van der Waals surface area contributed by atoms with E-state index in [0.29, 0.717) is 18.9 Å². The Balaban J connectivity index is 0.00000392. The zero-order chi connectivity index (χ0) is 19.8. The molecule has 7 nitrogen and oxygen atoms in total. The van der Waals surface area contributed by atoms with Gasteiger partial charge < -0.3 is 20.4 Å². The van der Waals surface area contributed by atoms with Crippen molar-refractivity contribution in [2.24, 2.45) is 10.9 Å². The number of carbonyl (C=O) groups is 2. The largest absolute Gasteiger partial charge is 0.356 e. The van der Waals surface area contributed by atoms with Crippen LogP contribution >= 0.6 is 24.0 Å². The van der Waals surface area contributed by atoms with Gasteiger partial charge in [0.2, 0.25) is 11.8 Å². The van der Waals surface area contributed by atoms with Crippen molar-refractivity contribution in [2.45, 2.75) is 25.8 Å². The summed E-state index contributed by atoms with van der Waals surface area (Å²) in [4.78, 5) is 31.8. The summed E-state index contributed by atoms with van der Waals surface area (Å²) < 4.78 is 0. The van der Waals surface area contributed by atoms with E-state index >= 15 is 0 Å². The number of likely N-dealkylation sites (tertiary alicyclic amines) is 1. The third-order valence-electron chi connectivity index (χ3n) is 4.78. The number of amides is 2. The lowest BCUT2D eigenvalue weighted by molar-refractivity contribution is -0.128. The molecular weight excluding hydrogens is 469 g/mol. The van der Waals surface area contributed by atoms with Crippen molar-refractivity contribution in [3.05, 3.63) is 35.9 Å². The summed E-state index contributed by atoms with van der Waals surface area (Å²) in [6, 6.07) is 10.1. The molecule has 28 heavy (non-hydrogen) atoms. The first-order valence-corrected chi connectivity index (χ1v) is 9.47. The van der Waals surface area contributed by atoms with Crippen LogP contribution in [-0.2, 0) is 9.59 Å². The van der Waals surface area contributed by atoms with E-state index in [4.69, 9.17) is 0 Å². The van der Waals surface area contributed by atoms with E-state index < -0.39 is 0 Å². The molecule has 156 valence electrons. The fourth-order valence-corrected chi connectivity index (χ4v) is 3.21. The van der Waals surface area contributed by atoms with Crippen molar-refractivity contribution in [3.63, 3.8) is 0 Å². The maximum absolute atomic E-state index is 12.3. The lowest BCUT2D eigenvalue weighted by atomic mass is 9.94. The van der Waals surface area contributed by atoms with Gasteiger partial charge >= 0.3 is 0 Å². The summed E-state index contributed by atoms with van der Waals surface area (Å²) in [6.45, 7) is 3.55. The Morgan fingerprint density at radius 1 is 1.25 bits per heavy atom. The van der Waals surface area contributed by atoms with Crippen LogP contribution in [0.1, 0.15) is 31.4 Å². The predicted molar refractivity (Wildman–Crippen MR) is 123 cm³/mol. The van der Waals surface area contributed by atoms with Gasteiger partial charge in [0.05, 0.1) is 6.04 Å². The van der Waals surface area contributed by atoms with E-state index in [2.05, 4.69) is 34.7 Å². The van der Waals surface area contributed by atoms with Gasteiger partial charge in [-0.2, -0.15) is 0 Å². The maximum atomic E-state index is 12.3. The van der Waals surface area contributed by atoms with E-state index in [1.165, 1.54) is 4.90 Å². The van der Waals surface area contributed by atoms with Gasteiger partial charge in [-0.15, -0.1) is 24.0 Å². The molecule has 1 aliphatic heterocycles. The molecule has 1 aliphatic rings. The Bertz CT molecular complexity index is 666. The highest BCUT2D eigenvalue weighted by atomic mass is 127. The molecule has 1 aromatic rings. The average molecular weight is 501 g/mol. The normalized spacial score (nSPS) is 19.2. The molecule has 2 N–H and O–H groups in total. The minimum absolute atomic E-state index is 0. The molecule has 1 fully saturated rings. The van der Waals surface area contributed by atoms with Gasteiger partial charge in [-0.1, -0.05) is 37.3 Å². The Morgan fingerprint density at radius 2 is 1.93 bits per heavy atom. The molecule has 0 spiro atoms. The molecule has 0 bridgehead atoms. The molecule has 2 atom stereocenters. The molecule has 0 aromatic heterocycles. The Hall–Kier alpha value is -1.84. The Morgan fingerprint density at radius 3 is 2.54 bits per heavy atom. The van der Waals surface area contributed by atoms with Crippen LogP contribution in [0.4, 0.5) is 0 Å². The Labute approximate surface area is 185 Å². The van der Waals surface area contributed by atoms with Crippen molar-refractivity contribution in [1.29, 1.82) is 0 Å². The third kappa shape index (κ3) is 6.65. The number of rotatable bonds is 7. The van der Waals surface area contributed by atoms with Crippen LogP contribution in [0.15, 0.2) is 35.3 Å². The molecule has 1 saturated heterocycles. The molecule has 2 amide bonds. The van der Waals surface area contributed by atoms with Crippen LogP contribution < -0.4 is 10.6 Å². The van der Waals surface area contributed by atoms with Gasteiger partial charge in [0, 0.05) is 46.6 Å². The monoisotopic (exact) mass is 501 g/mol. The number of hydrogen-bond donors (Lipinski definition) is 2. The molecule has 8 heteroatoms. The van der Waals surface area contributed by atoms with E-state index in [1.54, 1.807) is 14.1 Å². The second-order valence-electron chi connectivity index (χ2n) is 7.09. The molecular formula is C20H32IN5O2. The summed E-state index contributed by atoms with van der Waals surface area (Å²) >= 11 is 0. The quantitative estimate of drug-likeness (QED) is 0.340. The first kappa shape index (κ1) is 24.2. The summed E-state index contributed by atoms with van der Waals surface area (Å²) in [7, 11) is 5.30. The number of hydrogen-bond acceptors (Lipinski definition) is 3. The standard InChI is InChI=1S/C20H31N5O2.HI/c1-5-11-21-20(23-14-18(27)24(2)3)22-13-16-12-17(26)25(4)19(16)15-9-7-6-8-10-15;/h6-10,16,19H,5,11-14H2,1-4H3,(H2,21,22,23);1H. The van der Waals surface area contributed by atoms with Gasteiger partial charge in [-0.25, -0.2) is 4.99 Å². The first-order chi connectivity index (χ1) is 12.9. The van der Waals surface area contributed by atoms with Crippen molar-refractivity contribution >= 4 is 41.8 Å². The highest BCUT2D eigenvalue weighted by molar-refractivity contribution is 14.0. The lowest BCUT2D eigenvalue weighted by Gasteiger charge is -2.26. The van der Waals surface area contributed by atoms with Crippen LogP contribution in [0, 0.1) is 5.92 Å². The Kier molecular flexibility index (Phi) is 10.3. The fraction of sp³-hybridized carbons (Fsp3) is 0.550. The van der Waals surface area contributed by atoms with E-state index in [9.17, 15) is 9.59 Å². The summed E-state index contributed by atoms with van der Waals surface area (Å²) in [5, 5.41) is 6.56. The smallest absolute Gasteiger partial charge is 0.243 e. The van der Waals surface area contributed by atoms with Crippen LogP contribution in [0.3, 0.4) is 0 Å². The zero-order valence-corrected chi connectivity index (χ0v) is 19.5. The van der Waals surface area contributed by atoms with Crippen LogP contribution in [0.2, 0.25) is 0 Å². The molecule has 2 unspecified atom stereocenters. The van der Waals surface area contributed by atoms with Gasteiger partial charge in [0.1, 0.15) is 6.54 Å². The molecule has 0 saturated carbocycles. The number of nitrogens with zero attached hydrogens (tertiary/aromatic N) is 3. The first-order valence-electron chi connectivity index (χ1n) is 9.47. The topological polar surface area (TPSA) is 77.0 Å². The van der Waals surface area contributed by atoms with Crippen molar-refractivity contribution < 1.29 is 9.59 Å². The van der Waals surface area contributed by atoms with Crippen molar-refractivity contribution in [3.8, 4) is 0 Å². The number of aliphatic imine (C=N–C) groups is 1. The summed E-state index contributed by atoms with van der Waals surface area (Å²) in [6.07, 6.45) is 1.46. The van der Waals surface area contributed by atoms with E-state index in [-0.39, 0.29) is 54.3 Å². The number of halogens is 1. The minimum Gasteiger partial charge on any atom is -0.356 e. The average Bonchev–Trinajstić information content (AvgIpc) is 2.95. The number of carbonyl (C=O) groups excluding carboxylic acids is 2. The second-order valence-corrected chi connectivity index (χ2v) is 7.09. The fourth-order valence-electron chi connectivity index (χ4n) is 3.21. The number of benzene rings is 1. The van der Waals surface area contributed by atoms with Crippen LogP contribution in [-0.4, -0.2) is 68.4 Å². The number of guanidine groups is 1. The molecule has 1 aromatic carbocycles. The molecule has 2 rings (SSSR count). The van der Waals surface area contributed by atoms with E-state index in [1.807, 2.05) is 30.1 Å². The molecule has 0 radical (unpaired) electrons. The molecule has 0 aliphatic carbocycles. The third-order valence-corrected chi connectivity index (χ3v) is 4.78. The predicted octanol–water partition coefficient (Wildman–Crippen LogP) is 1.86. The minimum atomic E-state index is -0.0504. The number of likely N-dealkylation sites (N-methyl/N-ethyl adjacent to an activating group) is 1. The molecule has 1 heterocycles. The van der Waals surface area contributed by atoms with Crippen molar-refractivity contribution in [1.82, 2.24) is 20.4 Å². The highest BCUT2D eigenvalue weighted by Crippen LogP contribution is 2.36. The van der Waals surface area contributed by atoms with Gasteiger partial charge in [-0.05, 0) is 12.0 Å². The van der Waals surface area contributed by atoms with Crippen LogP contribution in [0.25, 0.3) is 0 Å². The van der Waals surface area contributed by atoms with Crippen molar-refractivity contribution in [2.75, 3.05) is 40.8 Å². The van der Waals surface area contributed by atoms with Gasteiger partial charge in [0.25, 0.3) is 0 Å². The zero-order valence-electron chi connectivity index (χ0n) is 17.1.